The summed E-state index contributed by atoms with van der Waals surface area (Å²) in [5.74, 6) is 2.07. The molecule has 0 aliphatic heterocycles. The SMILES string of the molecule is Bc1c(B)c(B)c(-c2nc(-c3c(B)c(B)c(B)c(-c4c(B)c(B)c(B)c(B)c4B)c3B)nc(-c3c(B)c(B)c4c(oc5c(-n6c7c(B)c(B)c(B)c(B)c7c7c(B)c(B)c(B)c(B)c76)c(B)c(B)c(B)c54)c3B)n2)c(B)c1B. The van der Waals surface area contributed by atoms with Crippen LogP contribution in [0.5, 0.6) is 0 Å². The highest BCUT2D eigenvalue weighted by atomic mass is 16.3. The Morgan fingerprint density at radius 2 is 0.449 bits per heavy atom. The fourth-order valence-corrected chi connectivity index (χ4v) is 14.3. The van der Waals surface area contributed by atoms with Gasteiger partial charge in [0.25, 0.3) is 0 Å². The molecule has 0 bridgehead atoms. The van der Waals surface area contributed by atoms with Crippen LogP contribution in [0.3, 0.4) is 0 Å². The third kappa shape index (κ3) is 7.52. The Morgan fingerprint density at radius 3 is 0.859 bits per heavy atom. The van der Waals surface area contributed by atoms with Gasteiger partial charge in [-0.05, 0) is 27.4 Å². The van der Waals surface area contributed by atoms with Gasteiger partial charge in [-0.3, -0.25) is 0 Å². The number of fused-ring (bicyclic) bond motifs is 6. The number of benzene rings is 7. The monoisotopic (exact) mass is 977 g/mol. The summed E-state index contributed by atoms with van der Waals surface area (Å²) in [7, 11) is 64.0. The second-order valence-corrected chi connectivity index (χ2v) is 24.3. The van der Waals surface area contributed by atoms with E-state index >= 15 is 0 Å². The quantitative estimate of drug-likeness (QED) is 0.161. The van der Waals surface area contributed by atoms with Crippen molar-refractivity contribution in [1.29, 1.82) is 0 Å². The smallest absolute Gasteiger partial charge is 0.163 e. The van der Waals surface area contributed by atoms with E-state index in [1.165, 1.54) is 180 Å². The molecule has 346 valence electrons. The van der Waals surface area contributed by atoms with Gasteiger partial charge in [0.2, 0.25) is 0 Å². The van der Waals surface area contributed by atoms with Crippen LogP contribution >= 0.6 is 0 Å². The molecule has 3 aromatic heterocycles. The highest BCUT2D eigenvalue weighted by Gasteiger charge is 2.31. The number of nitrogens with zero attached hydrogens (tertiary/aromatic N) is 4. The minimum atomic E-state index is 0.665. The first-order chi connectivity index (χ1) is 36.4. The van der Waals surface area contributed by atoms with E-state index in [9.17, 15) is 0 Å². The molecule has 0 saturated heterocycles. The molecular weight excluding hydrogens is 915 g/mol. The Bertz CT molecular complexity index is 4360. The van der Waals surface area contributed by atoms with Crippen molar-refractivity contribution >= 4 is 416 Å². The topological polar surface area (TPSA) is 56.7 Å². The first-order valence-corrected chi connectivity index (χ1v) is 28.4. The summed E-state index contributed by atoms with van der Waals surface area (Å²) in [6.07, 6.45) is 0. The second-order valence-electron chi connectivity index (χ2n) is 24.3. The standard InChI is InChI=1S/C45H56B28N4O/c46-10-1(2-12(48)24(60)31(67)25(61)13(2)49)11(47)23(59)19(55)7(10)43-74-44(8-20(56)28(64)32(68)29(65)21(8)57)76-45(75-43)9-18(54)16(52)5-6-17(53)30(66)37(73)40(42(6)78-41(5)22(9)58)77-38-3(14(50)26(62)33(69)35(38)71)4-15(51)27(63)34(70)36(72)39(4)77/h46-73H2. The maximum Gasteiger partial charge on any atom is 0.163 e. The van der Waals surface area contributed by atoms with Gasteiger partial charge < -0.3 is 8.98 Å². The molecule has 5 nitrogen and oxygen atoms in total. The van der Waals surface area contributed by atoms with Crippen molar-refractivity contribution < 1.29 is 4.42 Å². The number of furan rings is 1. The van der Waals surface area contributed by atoms with Gasteiger partial charge in [-0.15, -0.1) is 49.2 Å². The molecule has 10 aromatic rings. The molecule has 0 aliphatic carbocycles. The van der Waals surface area contributed by atoms with Crippen molar-refractivity contribution in [1.82, 2.24) is 19.5 Å². The maximum absolute atomic E-state index is 7.70. The summed E-state index contributed by atoms with van der Waals surface area (Å²) < 4.78 is 10.3. The largest absolute Gasteiger partial charge is 0.454 e. The molecule has 3 heterocycles. The van der Waals surface area contributed by atoms with Crippen LogP contribution in [0.2, 0.25) is 0 Å². The van der Waals surface area contributed by atoms with Crippen LogP contribution in [-0.4, -0.2) is 239 Å². The third-order valence-corrected chi connectivity index (χ3v) is 21.4. The Hall–Kier alpha value is -5.03. The Morgan fingerprint density at radius 1 is 0.205 bits per heavy atom. The molecule has 0 amide bonds. The summed E-state index contributed by atoms with van der Waals surface area (Å²) >= 11 is 0. The van der Waals surface area contributed by atoms with Crippen LogP contribution in [0.1, 0.15) is 0 Å². The summed E-state index contributed by atoms with van der Waals surface area (Å²) in [6, 6.07) is 0. The number of aromatic nitrogens is 4. The van der Waals surface area contributed by atoms with Crippen molar-refractivity contribution in [3.05, 3.63) is 0 Å². The van der Waals surface area contributed by atoms with E-state index in [2.05, 4.69) is 224 Å². The predicted octanol–water partition coefficient (Wildman–Crippen LogP) is -37.2. The van der Waals surface area contributed by atoms with Gasteiger partial charge in [0.05, 0.1) is 5.69 Å². The lowest BCUT2D eigenvalue weighted by Gasteiger charge is -2.27. The van der Waals surface area contributed by atoms with Crippen molar-refractivity contribution in [3.8, 4) is 51.0 Å². The van der Waals surface area contributed by atoms with E-state index in [4.69, 9.17) is 19.4 Å². The van der Waals surface area contributed by atoms with Gasteiger partial charge in [0, 0.05) is 38.5 Å². The molecule has 10 rings (SSSR count). The van der Waals surface area contributed by atoms with E-state index < -0.39 is 0 Å². The second kappa shape index (κ2) is 19.3. The Kier molecular flexibility index (Phi) is 13.9. The summed E-state index contributed by atoms with van der Waals surface area (Å²) in [6.45, 7) is 0. The molecule has 0 spiro atoms. The zero-order valence-electron chi connectivity index (χ0n) is 52.7. The van der Waals surface area contributed by atoms with Crippen LogP contribution in [0.25, 0.3) is 94.7 Å². The zero-order valence-corrected chi connectivity index (χ0v) is 52.7. The third-order valence-electron chi connectivity index (χ3n) is 21.4. The molecule has 0 N–H and O–H groups in total. The average Bonchev–Trinajstić information content (AvgIpc) is 4.13. The lowest BCUT2D eigenvalue weighted by molar-refractivity contribution is 0.670. The first-order valence-electron chi connectivity index (χ1n) is 28.4. The fraction of sp³-hybridized carbons (Fsp3) is 0. The molecule has 0 fully saturated rings. The number of hydrogen-bond acceptors (Lipinski definition) is 4. The molecule has 33 heteroatoms. The Balaban J connectivity index is 1.36. The summed E-state index contributed by atoms with van der Waals surface area (Å²) in [5, 5.41) is 5.04. The fourth-order valence-electron chi connectivity index (χ4n) is 14.3. The number of rotatable bonds is 5. The van der Waals surface area contributed by atoms with Crippen LogP contribution in [0.4, 0.5) is 0 Å². The van der Waals surface area contributed by atoms with Crippen LogP contribution in [-0.2, 0) is 0 Å². The highest BCUT2D eigenvalue weighted by Crippen LogP contribution is 2.34. The molecule has 0 aliphatic rings. The molecular formula is C45H56B28N4O. The molecule has 0 atom stereocenters. The molecule has 0 saturated carbocycles. The van der Waals surface area contributed by atoms with E-state index in [1.54, 1.807) is 0 Å². The summed E-state index contributed by atoms with van der Waals surface area (Å²) in [5.41, 5.74) is 47.0. The maximum atomic E-state index is 7.70. The van der Waals surface area contributed by atoms with Gasteiger partial charge >= 0.3 is 0 Å². The van der Waals surface area contributed by atoms with Gasteiger partial charge in [0.1, 0.15) is 225 Å². The molecule has 0 unspecified atom stereocenters. The van der Waals surface area contributed by atoms with Gasteiger partial charge in [0.15, 0.2) is 23.1 Å². The highest BCUT2D eigenvalue weighted by molar-refractivity contribution is 6.75. The number of hydrogen-bond donors (Lipinski definition) is 0. The van der Waals surface area contributed by atoms with Crippen molar-refractivity contribution in [2.75, 3.05) is 0 Å². The van der Waals surface area contributed by atoms with Crippen molar-refractivity contribution in [2.24, 2.45) is 0 Å². The van der Waals surface area contributed by atoms with E-state index in [1.807, 2.05) is 0 Å². The van der Waals surface area contributed by atoms with Gasteiger partial charge in [-0.2, -0.15) is 0 Å². The average molecular weight is 972 g/mol. The van der Waals surface area contributed by atoms with Gasteiger partial charge in [-0.1, -0.05) is 98.3 Å². The molecule has 7 aromatic carbocycles. The van der Waals surface area contributed by atoms with Crippen LogP contribution in [0, 0.1) is 0 Å². The van der Waals surface area contributed by atoms with Crippen LogP contribution in [0.15, 0.2) is 4.42 Å². The minimum absolute atomic E-state index is 0.665. The minimum Gasteiger partial charge on any atom is -0.454 e. The van der Waals surface area contributed by atoms with Crippen molar-refractivity contribution in [2.45, 2.75) is 0 Å². The first kappa shape index (κ1) is 56.3. The molecule has 78 heavy (non-hydrogen) atoms. The van der Waals surface area contributed by atoms with Crippen LogP contribution < -0.4 is 153 Å². The predicted molar refractivity (Wildman–Crippen MR) is 432 cm³/mol. The normalized spacial score (nSPS) is 11.7. The van der Waals surface area contributed by atoms with E-state index in [0.717, 1.165) is 49.9 Å². The lowest BCUT2D eigenvalue weighted by atomic mass is 9.56. The summed E-state index contributed by atoms with van der Waals surface area (Å²) in [4.78, 5) is 17.1. The van der Waals surface area contributed by atoms with Crippen molar-refractivity contribution in [3.63, 3.8) is 0 Å². The molecule has 0 radical (unpaired) electrons. The Labute approximate surface area is 488 Å². The van der Waals surface area contributed by atoms with E-state index in [-0.39, 0.29) is 0 Å². The zero-order chi connectivity index (χ0) is 57.4. The van der Waals surface area contributed by atoms with Gasteiger partial charge in [-0.25, -0.2) is 15.0 Å². The van der Waals surface area contributed by atoms with E-state index in [0.29, 0.717) is 17.5 Å². The lowest BCUT2D eigenvalue weighted by Crippen LogP contribution is -2.57.